The quantitative estimate of drug-likeness (QED) is 0.877. The van der Waals surface area contributed by atoms with Crippen molar-refractivity contribution in [3.05, 3.63) is 29.6 Å². The molecular weight excluding hydrogens is 282 g/mol. The van der Waals surface area contributed by atoms with Gasteiger partial charge in [-0.05, 0) is 55.6 Å². The third kappa shape index (κ3) is 2.38. The van der Waals surface area contributed by atoms with Crippen molar-refractivity contribution in [2.75, 3.05) is 5.73 Å². The van der Waals surface area contributed by atoms with Crippen LogP contribution in [0.15, 0.2) is 28.3 Å². The van der Waals surface area contributed by atoms with Crippen molar-refractivity contribution in [2.24, 2.45) is 0 Å². The van der Waals surface area contributed by atoms with E-state index in [9.17, 15) is 5.26 Å². The van der Waals surface area contributed by atoms with Crippen LogP contribution < -0.4 is 5.73 Å². The van der Waals surface area contributed by atoms with Crippen LogP contribution in [0.1, 0.15) is 49.0 Å². The van der Waals surface area contributed by atoms with Crippen molar-refractivity contribution in [3.63, 3.8) is 0 Å². The Morgan fingerprint density at radius 1 is 1.24 bits per heavy atom. The van der Waals surface area contributed by atoms with Crippen LogP contribution in [0, 0.1) is 11.3 Å². The van der Waals surface area contributed by atoms with Crippen LogP contribution >= 0.6 is 11.8 Å². The molecule has 0 unspecified atom stereocenters. The summed E-state index contributed by atoms with van der Waals surface area (Å²) in [7, 11) is 0. The Labute approximate surface area is 127 Å². The minimum Gasteiger partial charge on any atom is -0.399 e. The SMILES string of the molecule is N#Cc1cc(N)ccc1Sc1nnc(C2CC2)n1C1CC1. The summed E-state index contributed by atoms with van der Waals surface area (Å²) < 4.78 is 2.29. The molecule has 2 saturated carbocycles. The van der Waals surface area contributed by atoms with E-state index in [1.165, 1.54) is 37.4 Å². The highest BCUT2D eigenvalue weighted by atomic mass is 32.2. The first kappa shape index (κ1) is 12.7. The van der Waals surface area contributed by atoms with Gasteiger partial charge in [0.25, 0.3) is 0 Å². The van der Waals surface area contributed by atoms with Gasteiger partial charge < -0.3 is 10.3 Å². The largest absolute Gasteiger partial charge is 0.399 e. The van der Waals surface area contributed by atoms with E-state index in [1.54, 1.807) is 6.07 Å². The third-order valence-electron chi connectivity index (χ3n) is 3.87. The molecule has 0 radical (unpaired) electrons. The van der Waals surface area contributed by atoms with Crippen LogP contribution in [0.25, 0.3) is 0 Å². The van der Waals surface area contributed by atoms with Crippen molar-refractivity contribution in [3.8, 4) is 6.07 Å². The Bertz CT molecular complexity index is 737. The monoisotopic (exact) mass is 297 g/mol. The van der Waals surface area contributed by atoms with E-state index >= 15 is 0 Å². The predicted octanol–water partition coefficient (Wildman–Crippen LogP) is 3.10. The lowest BCUT2D eigenvalue weighted by molar-refractivity contribution is 0.627. The Morgan fingerprint density at radius 3 is 2.71 bits per heavy atom. The zero-order valence-electron chi connectivity index (χ0n) is 11.5. The van der Waals surface area contributed by atoms with Crippen molar-refractivity contribution in [1.82, 2.24) is 14.8 Å². The fourth-order valence-corrected chi connectivity index (χ4v) is 3.45. The molecule has 1 aromatic heterocycles. The second kappa shape index (κ2) is 4.78. The first-order valence-corrected chi connectivity index (χ1v) is 8.00. The molecule has 0 atom stereocenters. The van der Waals surface area contributed by atoms with Crippen molar-refractivity contribution >= 4 is 17.4 Å². The lowest BCUT2D eigenvalue weighted by Crippen LogP contribution is -2.02. The summed E-state index contributed by atoms with van der Waals surface area (Å²) in [6.07, 6.45) is 4.86. The second-order valence-electron chi connectivity index (χ2n) is 5.69. The summed E-state index contributed by atoms with van der Waals surface area (Å²) >= 11 is 1.52. The summed E-state index contributed by atoms with van der Waals surface area (Å²) in [6.45, 7) is 0. The van der Waals surface area contributed by atoms with E-state index < -0.39 is 0 Å². The lowest BCUT2D eigenvalue weighted by Gasteiger charge is -2.09. The average molecular weight is 297 g/mol. The fraction of sp³-hybridized carbons (Fsp3) is 0.400. The number of hydrogen-bond acceptors (Lipinski definition) is 5. The molecule has 2 aliphatic carbocycles. The Balaban J connectivity index is 1.70. The average Bonchev–Trinajstić information content (AvgIpc) is 3.40. The van der Waals surface area contributed by atoms with Gasteiger partial charge in [0, 0.05) is 22.5 Å². The molecule has 0 aliphatic heterocycles. The minimum absolute atomic E-state index is 0.553. The van der Waals surface area contributed by atoms with Gasteiger partial charge in [-0.15, -0.1) is 10.2 Å². The number of nitrogen functional groups attached to an aromatic ring is 1. The third-order valence-corrected chi connectivity index (χ3v) is 4.91. The first-order valence-electron chi connectivity index (χ1n) is 7.18. The molecule has 2 aliphatic rings. The Morgan fingerprint density at radius 2 is 2.05 bits per heavy atom. The van der Waals surface area contributed by atoms with Crippen molar-refractivity contribution < 1.29 is 0 Å². The summed E-state index contributed by atoms with van der Waals surface area (Å²) in [6, 6.07) is 8.18. The minimum atomic E-state index is 0.553. The molecule has 106 valence electrons. The van der Waals surface area contributed by atoms with Crippen LogP contribution in [0.4, 0.5) is 5.69 Å². The first-order chi connectivity index (χ1) is 10.3. The van der Waals surface area contributed by atoms with E-state index in [0.717, 1.165) is 15.9 Å². The highest BCUT2D eigenvalue weighted by Crippen LogP contribution is 2.46. The number of anilines is 1. The molecule has 2 fully saturated rings. The summed E-state index contributed by atoms with van der Waals surface area (Å²) in [5, 5.41) is 18.9. The second-order valence-corrected chi connectivity index (χ2v) is 6.69. The zero-order chi connectivity index (χ0) is 14.4. The van der Waals surface area contributed by atoms with Gasteiger partial charge in [0.2, 0.25) is 0 Å². The van der Waals surface area contributed by atoms with Crippen LogP contribution in [0.2, 0.25) is 0 Å². The highest BCUT2D eigenvalue weighted by molar-refractivity contribution is 7.99. The van der Waals surface area contributed by atoms with Crippen molar-refractivity contribution in [2.45, 2.75) is 47.7 Å². The molecule has 0 saturated heterocycles. The highest BCUT2D eigenvalue weighted by Gasteiger charge is 2.36. The maximum Gasteiger partial charge on any atom is 0.196 e. The summed E-state index contributed by atoms with van der Waals surface area (Å²) in [4.78, 5) is 0.892. The predicted molar refractivity (Wildman–Crippen MR) is 80.0 cm³/mol. The number of aromatic nitrogens is 3. The number of hydrogen-bond donors (Lipinski definition) is 1. The number of nitriles is 1. The Kier molecular flexibility index (Phi) is 2.89. The summed E-state index contributed by atoms with van der Waals surface area (Å²) in [5.41, 5.74) is 6.95. The van der Waals surface area contributed by atoms with Gasteiger partial charge in [-0.3, -0.25) is 0 Å². The molecule has 0 spiro atoms. The summed E-state index contributed by atoms with van der Waals surface area (Å²) in [5.74, 6) is 1.73. The van der Waals surface area contributed by atoms with E-state index in [-0.39, 0.29) is 0 Å². The van der Waals surface area contributed by atoms with Crippen LogP contribution in [-0.2, 0) is 0 Å². The van der Waals surface area contributed by atoms with Crippen molar-refractivity contribution in [1.29, 1.82) is 5.26 Å². The number of nitrogens with zero attached hydrogens (tertiary/aromatic N) is 4. The molecular formula is C15H15N5S. The Hall–Kier alpha value is -2.00. The zero-order valence-corrected chi connectivity index (χ0v) is 12.3. The molecule has 0 bridgehead atoms. The molecule has 5 nitrogen and oxygen atoms in total. The van der Waals surface area contributed by atoms with E-state index in [1.807, 2.05) is 12.1 Å². The van der Waals surface area contributed by atoms with Gasteiger partial charge in [-0.25, -0.2) is 0 Å². The van der Waals surface area contributed by atoms with Crippen LogP contribution in [0.5, 0.6) is 0 Å². The van der Waals surface area contributed by atoms with Gasteiger partial charge in [0.15, 0.2) is 5.16 Å². The molecule has 4 rings (SSSR count). The molecule has 1 aromatic carbocycles. The smallest absolute Gasteiger partial charge is 0.196 e. The van der Waals surface area contributed by atoms with Crippen LogP contribution in [0.3, 0.4) is 0 Å². The normalized spacial score (nSPS) is 17.7. The molecule has 6 heteroatoms. The molecule has 2 aromatic rings. The topological polar surface area (TPSA) is 80.5 Å². The molecule has 2 N–H and O–H groups in total. The van der Waals surface area contributed by atoms with Gasteiger partial charge in [0.05, 0.1) is 5.56 Å². The van der Waals surface area contributed by atoms with E-state index in [4.69, 9.17) is 5.73 Å². The van der Waals surface area contributed by atoms with E-state index in [2.05, 4.69) is 20.8 Å². The van der Waals surface area contributed by atoms with Gasteiger partial charge in [-0.2, -0.15) is 5.26 Å². The lowest BCUT2D eigenvalue weighted by atomic mass is 10.2. The van der Waals surface area contributed by atoms with Gasteiger partial charge in [-0.1, -0.05) is 0 Å². The van der Waals surface area contributed by atoms with E-state index in [0.29, 0.717) is 23.2 Å². The maximum absolute atomic E-state index is 9.25. The van der Waals surface area contributed by atoms with Gasteiger partial charge >= 0.3 is 0 Å². The molecule has 21 heavy (non-hydrogen) atoms. The standard InChI is InChI=1S/C15H15N5S/c16-8-10-7-11(17)3-6-13(10)21-15-19-18-14(9-1-2-9)20(15)12-4-5-12/h3,6-7,9,12H,1-2,4-5,17H2. The molecule has 1 heterocycles. The number of nitrogens with two attached hydrogens (primary N) is 1. The number of benzene rings is 1. The number of rotatable bonds is 4. The fourth-order valence-electron chi connectivity index (χ4n) is 2.48. The molecule has 0 amide bonds. The van der Waals surface area contributed by atoms with Crippen LogP contribution in [-0.4, -0.2) is 14.8 Å². The van der Waals surface area contributed by atoms with Gasteiger partial charge in [0.1, 0.15) is 11.9 Å². The maximum atomic E-state index is 9.25.